The van der Waals surface area contributed by atoms with Crippen LogP contribution in [0.15, 0.2) is 188 Å². The van der Waals surface area contributed by atoms with E-state index in [0.29, 0.717) is 0 Å². The molecule has 0 atom stereocenters. The Morgan fingerprint density at radius 1 is 0.321 bits per heavy atom. The zero-order chi connectivity index (χ0) is 34.9. The van der Waals surface area contributed by atoms with Crippen molar-refractivity contribution in [2.75, 3.05) is 4.90 Å². The molecule has 3 heteroatoms. The molecule has 0 bridgehead atoms. The first-order valence-electron chi connectivity index (χ1n) is 18.0. The number of thiophene rings is 2. The van der Waals surface area contributed by atoms with Crippen molar-refractivity contribution < 1.29 is 0 Å². The summed E-state index contributed by atoms with van der Waals surface area (Å²) in [5.41, 5.74) is 8.41. The van der Waals surface area contributed by atoms with E-state index in [1.54, 1.807) is 0 Å². The van der Waals surface area contributed by atoms with Crippen LogP contribution in [0, 0.1) is 0 Å². The van der Waals surface area contributed by atoms with E-state index in [1.807, 2.05) is 22.7 Å². The lowest BCUT2D eigenvalue weighted by Crippen LogP contribution is -2.10. The molecule has 1 nitrogen and oxygen atoms in total. The van der Waals surface area contributed by atoms with Gasteiger partial charge in [0.2, 0.25) is 0 Å². The lowest BCUT2D eigenvalue weighted by atomic mass is 9.98. The highest BCUT2D eigenvalue weighted by Gasteiger charge is 2.19. The molecule has 2 heterocycles. The number of hydrogen-bond acceptors (Lipinski definition) is 3. The Labute approximate surface area is 315 Å². The smallest absolute Gasteiger partial charge is 0.0546 e. The van der Waals surface area contributed by atoms with E-state index in [0.717, 1.165) is 17.1 Å². The summed E-state index contributed by atoms with van der Waals surface area (Å²) in [5.74, 6) is 0. The second-order valence-electron chi connectivity index (χ2n) is 13.7. The van der Waals surface area contributed by atoms with Crippen LogP contribution >= 0.6 is 22.7 Å². The Morgan fingerprint density at radius 2 is 0.774 bits per heavy atom. The van der Waals surface area contributed by atoms with Gasteiger partial charge in [-0.25, -0.2) is 0 Å². The fourth-order valence-electron chi connectivity index (χ4n) is 8.18. The van der Waals surface area contributed by atoms with Gasteiger partial charge in [-0.15, -0.1) is 22.7 Å². The van der Waals surface area contributed by atoms with Gasteiger partial charge < -0.3 is 4.90 Å². The van der Waals surface area contributed by atoms with Crippen LogP contribution in [0.2, 0.25) is 0 Å². The van der Waals surface area contributed by atoms with E-state index in [-0.39, 0.29) is 0 Å². The molecule has 11 rings (SSSR count). The topological polar surface area (TPSA) is 3.24 Å². The molecule has 0 fully saturated rings. The first-order chi connectivity index (χ1) is 26.3. The minimum absolute atomic E-state index is 1.12. The van der Waals surface area contributed by atoms with Crippen LogP contribution < -0.4 is 4.90 Å². The molecule has 0 amide bonds. The van der Waals surface area contributed by atoms with E-state index < -0.39 is 0 Å². The summed E-state index contributed by atoms with van der Waals surface area (Å²) in [4.78, 5) is 2.43. The van der Waals surface area contributed by atoms with Crippen LogP contribution in [-0.2, 0) is 0 Å². The van der Waals surface area contributed by atoms with Gasteiger partial charge in [-0.1, -0.05) is 146 Å². The second-order valence-corrected chi connectivity index (χ2v) is 15.8. The van der Waals surface area contributed by atoms with Crippen molar-refractivity contribution in [2.45, 2.75) is 0 Å². The number of anilines is 3. The van der Waals surface area contributed by atoms with Gasteiger partial charge in [0.15, 0.2) is 0 Å². The third-order valence-corrected chi connectivity index (χ3v) is 13.1. The summed E-state index contributed by atoms with van der Waals surface area (Å²) >= 11 is 3.76. The molecule has 0 saturated carbocycles. The normalized spacial score (nSPS) is 11.8. The van der Waals surface area contributed by atoms with Crippen LogP contribution in [0.25, 0.3) is 84.1 Å². The number of nitrogens with zero attached hydrogens (tertiary/aromatic N) is 1. The van der Waals surface area contributed by atoms with Gasteiger partial charge in [-0.3, -0.25) is 0 Å². The SMILES string of the molecule is c1ccc2c(c1)ccc1cccc(N(c3ccc(-c4cccc5c4sc4ccccc45)cc3)c3ccc(-c4cccc5c4sc4ccccc45)cc3)c12. The fourth-order valence-corrected chi connectivity index (χ4v) is 10.7. The Kier molecular flexibility index (Phi) is 6.97. The highest BCUT2D eigenvalue weighted by atomic mass is 32.1. The van der Waals surface area contributed by atoms with Crippen LogP contribution in [-0.4, -0.2) is 0 Å². The molecule has 2 aromatic heterocycles. The second kappa shape index (κ2) is 12.2. The van der Waals surface area contributed by atoms with Gasteiger partial charge >= 0.3 is 0 Å². The number of benzene rings is 9. The highest BCUT2D eigenvalue weighted by Crippen LogP contribution is 2.45. The first kappa shape index (κ1) is 30.4. The Balaban J connectivity index is 1.07. The van der Waals surface area contributed by atoms with Crippen molar-refractivity contribution in [1.29, 1.82) is 0 Å². The summed E-state index contributed by atoms with van der Waals surface area (Å²) in [6.45, 7) is 0. The summed E-state index contributed by atoms with van der Waals surface area (Å²) in [5, 5.41) is 10.3. The number of hydrogen-bond donors (Lipinski definition) is 0. The summed E-state index contributed by atoms with van der Waals surface area (Å²) in [6, 6.07) is 69.1. The van der Waals surface area contributed by atoms with E-state index in [2.05, 4.69) is 193 Å². The average molecular weight is 710 g/mol. The maximum atomic E-state index is 2.43. The number of rotatable bonds is 5. The third-order valence-electron chi connectivity index (χ3n) is 10.7. The van der Waals surface area contributed by atoms with Crippen LogP contribution in [0.3, 0.4) is 0 Å². The molecule has 53 heavy (non-hydrogen) atoms. The molecule has 9 aromatic carbocycles. The number of fused-ring (bicyclic) bond motifs is 9. The van der Waals surface area contributed by atoms with Crippen LogP contribution in [0.5, 0.6) is 0 Å². The van der Waals surface area contributed by atoms with Crippen molar-refractivity contribution >= 4 is 102 Å². The quantitative estimate of drug-likeness (QED) is 0.161. The maximum Gasteiger partial charge on any atom is 0.0546 e. The van der Waals surface area contributed by atoms with Crippen molar-refractivity contribution in [1.82, 2.24) is 0 Å². The predicted octanol–water partition coefficient (Wildman–Crippen LogP) is 15.5. The highest BCUT2D eigenvalue weighted by molar-refractivity contribution is 7.26. The summed E-state index contributed by atoms with van der Waals surface area (Å²) in [7, 11) is 0. The minimum Gasteiger partial charge on any atom is -0.310 e. The first-order valence-corrected chi connectivity index (χ1v) is 19.6. The van der Waals surface area contributed by atoms with E-state index in [4.69, 9.17) is 0 Å². The molecule has 0 saturated heterocycles. The fraction of sp³-hybridized carbons (Fsp3) is 0. The summed E-state index contributed by atoms with van der Waals surface area (Å²) in [6.07, 6.45) is 0. The van der Waals surface area contributed by atoms with Gasteiger partial charge in [-0.05, 0) is 80.9 Å². The largest absolute Gasteiger partial charge is 0.310 e. The van der Waals surface area contributed by atoms with Crippen molar-refractivity contribution in [2.24, 2.45) is 0 Å². The van der Waals surface area contributed by atoms with Crippen LogP contribution in [0.4, 0.5) is 17.1 Å². The zero-order valence-corrected chi connectivity index (χ0v) is 30.3. The maximum absolute atomic E-state index is 2.43. The van der Waals surface area contributed by atoms with E-state index in [1.165, 1.54) is 84.1 Å². The lowest BCUT2D eigenvalue weighted by molar-refractivity contribution is 1.30. The summed E-state index contributed by atoms with van der Waals surface area (Å²) < 4.78 is 5.33. The predicted molar refractivity (Wildman–Crippen MR) is 233 cm³/mol. The molecule has 0 aliphatic heterocycles. The monoisotopic (exact) mass is 709 g/mol. The lowest BCUT2D eigenvalue weighted by Gasteiger charge is -2.28. The zero-order valence-electron chi connectivity index (χ0n) is 28.7. The van der Waals surface area contributed by atoms with Gasteiger partial charge in [0.25, 0.3) is 0 Å². The van der Waals surface area contributed by atoms with E-state index in [9.17, 15) is 0 Å². The van der Waals surface area contributed by atoms with E-state index >= 15 is 0 Å². The van der Waals surface area contributed by atoms with Crippen molar-refractivity contribution in [3.05, 3.63) is 188 Å². The molecule has 0 unspecified atom stereocenters. The van der Waals surface area contributed by atoms with Crippen molar-refractivity contribution in [3.8, 4) is 22.3 Å². The minimum atomic E-state index is 1.12. The standard InChI is InChI=1S/C50H31NS2/c1-2-12-38-32(10-1)22-23-35-11-7-19-45(48(35)38)51(36-28-24-33(25-29-36)39-15-8-17-43-41-13-3-5-20-46(41)52-49(39)43)37-30-26-34(27-31-37)40-16-9-18-44-42-14-4-6-21-47(42)53-50(40)44/h1-31H. The molecule has 0 radical (unpaired) electrons. The van der Waals surface area contributed by atoms with Crippen molar-refractivity contribution in [3.63, 3.8) is 0 Å². The Morgan fingerprint density at radius 3 is 1.36 bits per heavy atom. The molecular formula is C50H31NS2. The molecule has 0 N–H and O–H groups in total. The molecule has 0 spiro atoms. The Hall–Kier alpha value is -6.26. The molecular weight excluding hydrogens is 679 g/mol. The molecule has 11 aromatic rings. The van der Waals surface area contributed by atoms with Gasteiger partial charge in [0.05, 0.1) is 5.69 Å². The molecule has 0 aliphatic carbocycles. The van der Waals surface area contributed by atoms with Gasteiger partial charge in [0.1, 0.15) is 0 Å². The third kappa shape index (κ3) is 4.89. The molecule has 248 valence electrons. The Bertz CT molecular complexity index is 3010. The average Bonchev–Trinajstić information content (AvgIpc) is 3.80. The van der Waals surface area contributed by atoms with Gasteiger partial charge in [0, 0.05) is 57.1 Å². The van der Waals surface area contributed by atoms with Gasteiger partial charge in [-0.2, -0.15) is 0 Å². The molecule has 0 aliphatic rings. The van der Waals surface area contributed by atoms with Crippen LogP contribution in [0.1, 0.15) is 0 Å².